The Morgan fingerprint density at radius 3 is 2.47 bits per heavy atom. The van der Waals surface area contributed by atoms with E-state index in [2.05, 4.69) is 19.9 Å². The molecule has 1 aromatic carbocycles. The van der Waals surface area contributed by atoms with E-state index in [4.69, 9.17) is 10.5 Å². The number of ether oxygens (including phenoxy) is 1. The number of halogens is 1. The Morgan fingerprint density at radius 1 is 1.41 bits per heavy atom. The Kier molecular flexibility index (Phi) is 3.13. The summed E-state index contributed by atoms with van der Waals surface area (Å²) in [5.41, 5.74) is 7.74. The fourth-order valence-corrected chi connectivity index (χ4v) is 2.28. The molecular formula is C14H20FNO. The van der Waals surface area contributed by atoms with Crippen molar-refractivity contribution >= 4 is 0 Å². The summed E-state index contributed by atoms with van der Waals surface area (Å²) in [6.07, 6.45) is 2.06. The molecule has 0 saturated heterocycles. The molecule has 1 fully saturated rings. The van der Waals surface area contributed by atoms with Crippen LogP contribution in [0.5, 0.6) is 5.75 Å². The van der Waals surface area contributed by atoms with Crippen molar-refractivity contribution in [3.63, 3.8) is 0 Å². The highest BCUT2D eigenvalue weighted by atomic mass is 19.1. The average Bonchev–Trinajstić information content (AvgIpc) is 3.08. The van der Waals surface area contributed by atoms with Crippen LogP contribution in [0.4, 0.5) is 4.39 Å². The quantitative estimate of drug-likeness (QED) is 0.873. The maximum Gasteiger partial charge on any atom is 0.165 e. The van der Waals surface area contributed by atoms with Crippen LogP contribution in [-0.4, -0.2) is 13.7 Å². The van der Waals surface area contributed by atoms with E-state index in [-0.39, 0.29) is 11.2 Å². The zero-order valence-electron chi connectivity index (χ0n) is 10.7. The highest BCUT2D eigenvalue weighted by Crippen LogP contribution is 2.51. The smallest absolute Gasteiger partial charge is 0.165 e. The molecule has 3 heteroatoms. The zero-order valence-corrected chi connectivity index (χ0v) is 10.7. The van der Waals surface area contributed by atoms with Gasteiger partial charge in [-0.05, 0) is 30.4 Å². The molecule has 0 radical (unpaired) electrons. The normalized spacial score (nSPS) is 17.3. The van der Waals surface area contributed by atoms with E-state index in [1.54, 1.807) is 6.07 Å². The molecule has 2 nitrogen and oxygen atoms in total. The van der Waals surface area contributed by atoms with Crippen molar-refractivity contribution in [2.24, 2.45) is 5.73 Å². The van der Waals surface area contributed by atoms with Crippen LogP contribution in [0.25, 0.3) is 0 Å². The van der Waals surface area contributed by atoms with Gasteiger partial charge in [0.05, 0.1) is 7.11 Å². The summed E-state index contributed by atoms with van der Waals surface area (Å²) in [6, 6.07) is 3.63. The Bertz CT molecular complexity index is 424. The van der Waals surface area contributed by atoms with Gasteiger partial charge in [-0.15, -0.1) is 0 Å². The fourth-order valence-electron chi connectivity index (χ4n) is 2.28. The summed E-state index contributed by atoms with van der Waals surface area (Å²) >= 11 is 0. The molecule has 0 amide bonds. The lowest BCUT2D eigenvalue weighted by atomic mass is 9.90. The molecular weight excluding hydrogens is 217 g/mol. The standard InChI is InChI=1S/C14H20FNO/c1-9(2)10-6-11(14(8-16)4-5-14)13(17-3)12(15)7-10/h6-7,9H,4-5,8,16H2,1-3H3. The van der Waals surface area contributed by atoms with Crippen LogP contribution in [0.1, 0.15) is 43.7 Å². The molecule has 1 aromatic rings. The molecule has 0 aliphatic heterocycles. The third kappa shape index (κ3) is 2.04. The zero-order chi connectivity index (χ0) is 12.6. The third-order valence-corrected chi connectivity index (χ3v) is 3.75. The van der Waals surface area contributed by atoms with Gasteiger partial charge in [-0.1, -0.05) is 19.9 Å². The van der Waals surface area contributed by atoms with Gasteiger partial charge >= 0.3 is 0 Å². The first-order valence-electron chi connectivity index (χ1n) is 6.12. The van der Waals surface area contributed by atoms with E-state index in [9.17, 15) is 4.39 Å². The van der Waals surface area contributed by atoms with Crippen LogP contribution < -0.4 is 10.5 Å². The molecule has 1 saturated carbocycles. The van der Waals surface area contributed by atoms with Crippen LogP contribution in [0, 0.1) is 5.82 Å². The molecule has 0 spiro atoms. The van der Waals surface area contributed by atoms with E-state index in [0.29, 0.717) is 18.2 Å². The molecule has 0 bridgehead atoms. The van der Waals surface area contributed by atoms with Crippen LogP contribution in [-0.2, 0) is 5.41 Å². The number of nitrogens with two attached hydrogens (primary N) is 1. The minimum Gasteiger partial charge on any atom is -0.493 e. The Hall–Kier alpha value is -1.09. The predicted octanol–water partition coefficient (Wildman–Crippen LogP) is 2.95. The number of methoxy groups -OCH3 is 1. The lowest BCUT2D eigenvalue weighted by Crippen LogP contribution is -2.21. The molecule has 0 atom stereocenters. The van der Waals surface area contributed by atoms with Crippen molar-refractivity contribution in [3.8, 4) is 5.75 Å². The third-order valence-electron chi connectivity index (χ3n) is 3.75. The van der Waals surface area contributed by atoms with Crippen LogP contribution in [0.15, 0.2) is 12.1 Å². The van der Waals surface area contributed by atoms with Gasteiger partial charge in [-0.2, -0.15) is 0 Å². The van der Waals surface area contributed by atoms with Gasteiger partial charge < -0.3 is 10.5 Å². The first-order chi connectivity index (χ1) is 8.04. The highest BCUT2D eigenvalue weighted by Gasteiger charge is 2.45. The van der Waals surface area contributed by atoms with Crippen LogP contribution >= 0.6 is 0 Å². The summed E-state index contributed by atoms with van der Waals surface area (Å²) in [4.78, 5) is 0. The number of hydrogen-bond donors (Lipinski definition) is 1. The van der Waals surface area contributed by atoms with Gasteiger partial charge in [0.1, 0.15) is 0 Å². The molecule has 0 heterocycles. The second kappa shape index (κ2) is 4.30. The molecule has 17 heavy (non-hydrogen) atoms. The second-order valence-electron chi connectivity index (χ2n) is 5.22. The lowest BCUT2D eigenvalue weighted by Gasteiger charge is -2.20. The number of rotatable bonds is 4. The summed E-state index contributed by atoms with van der Waals surface area (Å²) in [7, 11) is 1.52. The molecule has 1 aliphatic carbocycles. The molecule has 2 N–H and O–H groups in total. The maximum atomic E-state index is 14.0. The minimum absolute atomic E-state index is 0.0446. The van der Waals surface area contributed by atoms with Gasteiger partial charge in [0, 0.05) is 17.5 Å². The average molecular weight is 237 g/mol. The maximum absolute atomic E-state index is 14.0. The van der Waals surface area contributed by atoms with E-state index in [1.807, 2.05) is 0 Å². The highest BCUT2D eigenvalue weighted by molar-refractivity contribution is 5.47. The lowest BCUT2D eigenvalue weighted by molar-refractivity contribution is 0.375. The Labute approximate surface area is 102 Å². The van der Waals surface area contributed by atoms with Crippen molar-refractivity contribution in [1.29, 1.82) is 0 Å². The van der Waals surface area contributed by atoms with Gasteiger partial charge in [-0.3, -0.25) is 0 Å². The van der Waals surface area contributed by atoms with Crippen LogP contribution in [0.3, 0.4) is 0 Å². The van der Waals surface area contributed by atoms with E-state index in [0.717, 1.165) is 24.0 Å². The van der Waals surface area contributed by atoms with Crippen molar-refractivity contribution in [2.45, 2.75) is 38.0 Å². The van der Waals surface area contributed by atoms with E-state index in [1.165, 1.54) is 7.11 Å². The van der Waals surface area contributed by atoms with Gasteiger partial charge in [0.15, 0.2) is 11.6 Å². The first-order valence-corrected chi connectivity index (χ1v) is 6.12. The van der Waals surface area contributed by atoms with Crippen LogP contribution in [0.2, 0.25) is 0 Å². The van der Waals surface area contributed by atoms with Gasteiger partial charge in [0.2, 0.25) is 0 Å². The second-order valence-corrected chi connectivity index (χ2v) is 5.22. The van der Waals surface area contributed by atoms with Crippen molar-refractivity contribution in [1.82, 2.24) is 0 Å². The molecule has 2 rings (SSSR count). The molecule has 94 valence electrons. The van der Waals surface area contributed by atoms with E-state index < -0.39 is 0 Å². The van der Waals surface area contributed by atoms with Crippen molar-refractivity contribution in [3.05, 3.63) is 29.1 Å². The summed E-state index contributed by atoms with van der Waals surface area (Å²) in [5.74, 6) is 0.411. The number of hydrogen-bond acceptors (Lipinski definition) is 2. The van der Waals surface area contributed by atoms with Crippen molar-refractivity contribution < 1.29 is 9.13 Å². The monoisotopic (exact) mass is 237 g/mol. The predicted molar refractivity (Wildman–Crippen MR) is 67.0 cm³/mol. The molecule has 0 aromatic heterocycles. The Morgan fingerprint density at radius 2 is 2.06 bits per heavy atom. The fraction of sp³-hybridized carbons (Fsp3) is 0.571. The largest absolute Gasteiger partial charge is 0.493 e. The van der Waals surface area contributed by atoms with E-state index >= 15 is 0 Å². The summed E-state index contributed by atoms with van der Waals surface area (Å²) in [5, 5.41) is 0. The minimum atomic E-state index is -0.270. The summed E-state index contributed by atoms with van der Waals surface area (Å²) in [6.45, 7) is 4.68. The molecule has 0 unspecified atom stereocenters. The summed E-state index contributed by atoms with van der Waals surface area (Å²) < 4.78 is 19.2. The molecule has 1 aliphatic rings. The first kappa shape index (κ1) is 12.4. The Balaban J connectivity index is 2.55. The van der Waals surface area contributed by atoms with Gasteiger partial charge in [-0.25, -0.2) is 4.39 Å². The van der Waals surface area contributed by atoms with Gasteiger partial charge in [0.25, 0.3) is 0 Å². The topological polar surface area (TPSA) is 35.2 Å². The SMILES string of the molecule is COc1c(F)cc(C(C)C)cc1C1(CN)CC1. The number of benzene rings is 1. The van der Waals surface area contributed by atoms with Crippen molar-refractivity contribution in [2.75, 3.05) is 13.7 Å².